The van der Waals surface area contributed by atoms with Gasteiger partial charge in [0.05, 0.1) is 17.8 Å². The average molecular weight is 368 g/mol. The van der Waals surface area contributed by atoms with Gasteiger partial charge in [0.15, 0.2) is 5.13 Å². The van der Waals surface area contributed by atoms with Crippen molar-refractivity contribution < 1.29 is 9.59 Å². The van der Waals surface area contributed by atoms with Crippen molar-refractivity contribution in [3.8, 4) is 11.3 Å². The number of hydrogen-bond donors (Lipinski definition) is 2. The van der Waals surface area contributed by atoms with Crippen LogP contribution in [0.3, 0.4) is 0 Å². The van der Waals surface area contributed by atoms with Crippen LogP contribution in [0.1, 0.15) is 22.8 Å². The molecule has 0 aliphatic rings. The zero-order valence-electron chi connectivity index (χ0n) is 14.7. The van der Waals surface area contributed by atoms with Gasteiger partial charge < -0.3 is 15.2 Å². The van der Waals surface area contributed by atoms with Crippen molar-refractivity contribution >= 4 is 28.3 Å². The first-order chi connectivity index (χ1) is 12.5. The first kappa shape index (κ1) is 17.9. The highest BCUT2D eigenvalue weighted by molar-refractivity contribution is 7.14. The summed E-state index contributed by atoms with van der Waals surface area (Å²) in [4.78, 5) is 28.5. The molecular weight excluding hydrogens is 348 g/mol. The van der Waals surface area contributed by atoms with Gasteiger partial charge in [-0.25, -0.2) is 4.98 Å². The Morgan fingerprint density at radius 2 is 2.12 bits per heavy atom. The minimum absolute atomic E-state index is 0.102. The lowest BCUT2D eigenvalue weighted by Crippen LogP contribution is -2.32. The number of rotatable bonds is 6. The lowest BCUT2D eigenvalue weighted by atomic mass is 10.1. The Morgan fingerprint density at radius 3 is 2.85 bits per heavy atom. The minimum atomic E-state index is -0.307. The van der Waals surface area contributed by atoms with Crippen LogP contribution >= 0.6 is 11.3 Å². The Labute approximate surface area is 155 Å². The molecule has 26 heavy (non-hydrogen) atoms. The minimum Gasteiger partial charge on any atom is -0.354 e. The van der Waals surface area contributed by atoms with Gasteiger partial charge in [0.25, 0.3) is 5.91 Å². The van der Waals surface area contributed by atoms with Crippen LogP contribution < -0.4 is 10.6 Å². The number of amides is 2. The van der Waals surface area contributed by atoms with Crippen molar-refractivity contribution in [2.24, 2.45) is 0 Å². The van der Waals surface area contributed by atoms with Gasteiger partial charge in [-0.15, -0.1) is 11.3 Å². The van der Waals surface area contributed by atoms with E-state index in [1.807, 2.05) is 54.3 Å². The molecule has 2 heterocycles. The molecule has 0 bridgehead atoms. The van der Waals surface area contributed by atoms with Gasteiger partial charge in [-0.3, -0.25) is 9.59 Å². The van der Waals surface area contributed by atoms with Gasteiger partial charge in [-0.05, 0) is 26.0 Å². The lowest BCUT2D eigenvalue weighted by Gasteiger charge is -2.04. The quantitative estimate of drug-likeness (QED) is 0.701. The molecule has 0 unspecified atom stereocenters. The summed E-state index contributed by atoms with van der Waals surface area (Å²) in [6, 6.07) is 9.75. The molecule has 3 aromatic rings. The molecular formula is C19H20N4O2S. The molecule has 0 atom stereocenters. The van der Waals surface area contributed by atoms with Gasteiger partial charge in [0.2, 0.25) is 5.91 Å². The number of carbonyl (C=O) groups excluding carboxylic acids is 2. The number of benzene rings is 1. The maximum Gasteiger partial charge on any atom is 0.253 e. The van der Waals surface area contributed by atoms with Crippen LogP contribution in [0.4, 0.5) is 5.13 Å². The number of aryl methyl sites for hydroxylation is 2. The number of aromatic nitrogens is 2. The number of nitrogens with zero attached hydrogens (tertiary/aromatic N) is 2. The van der Waals surface area contributed by atoms with E-state index >= 15 is 0 Å². The molecule has 0 aliphatic carbocycles. The predicted octanol–water partition coefficient (Wildman–Crippen LogP) is 3.31. The Balaban J connectivity index is 1.54. The van der Waals surface area contributed by atoms with Crippen LogP contribution in [-0.4, -0.2) is 27.9 Å². The van der Waals surface area contributed by atoms with Gasteiger partial charge in [-0.1, -0.05) is 23.8 Å². The van der Waals surface area contributed by atoms with Crippen molar-refractivity contribution in [3.63, 3.8) is 0 Å². The number of hydrogen-bond acceptors (Lipinski definition) is 4. The third kappa shape index (κ3) is 4.37. The summed E-state index contributed by atoms with van der Waals surface area (Å²) < 4.78 is 1.90. The normalized spacial score (nSPS) is 10.5. The van der Waals surface area contributed by atoms with E-state index in [-0.39, 0.29) is 18.4 Å². The van der Waals surface area contributed by atoms with Crippen molar-refractivity contribution in [2.75, 3.05) is 11.9 Å². The smallest absolute Gasteiger partial charge is 0.253 e. The monoisotopic (exact) mass is 368 g/mol. The summed E-state index contributed by atoms with van der Waals surface area (Å²) in [6.07, 6.45) is 3.58. The number of thiazole rings is 1. The van der Waals surface area contributed by atoms with Crippen molar-refractivity contribution in [3.05, 3.63) is 59.2 Å². The van der Waals surface area contributed by atoms with Gasteiger partial charge in [0, 0.05) is 29.9 Å². The molecule has 1 aromatic carbocycles. The van der Waals surface area contributed by atoms with Crippen LogP contribution in [-0.2, 0) is 11.3 Å². The van der Waals surface area contributed by atoms with E-state index in [1.165, 1.54) is 11.3 Å². The first-order valence-corrected chi connectivity index (χ1v) is 9.19. The molecule has 3 rings (SSSR count). The zero-order valence-corrected chi connectivity index (χ0v) is 15.5. The maximum absolute atomic E-state index is 12.0. The maximum atomic E-state index is 12.0. The average Bonchev–Trinajstić information content (AvgIpc) is 3.29. The lowest BCUT2D eigenvalue weighted by molar-refractivity contribution is -0.115. The molecule has 2 N–H and O–H groups in total. The SMILES string of the molecule is CCn1ccc(C(=O)NCC(=O)Nc2nc(-c3cccc(C)c3)cs2)c1. The fraction of sp³-hybridized carbons (Fsp3) is 0.211. The van der Waals surface area contributed by atoms with E-state index in [9.17, 15) is 9.59 Å². The summed E-state index contributed by atoms with van der Waals surface area (Å²) in [5.41, 5.74) is 3.52. The van der Waals surface area contributed by atoms with Crippen LogP contribution in [0.25, 0.3) is 11.3 Å². The number of carbonyl (C=O) groups is 2. The van der Waals surface area contributed by atoms with Gasteiger partial charge in [0.1, 0.15) is 0 Å². The van der Waals surface area contributed by atoms with Crippen LogP contribution in [0.5, 0.6) is 0 Å². The Bertz CT molecular complexity index is 929. The van der Waals surface area contributed by atoms with Crippen molar-refractivity contribution in [1.29, 1.82) is 0 Å². The Kier molecular flexibility index (Phi) is 5.48. The largest absolute Gasteiger partial charge is 0.354 e. The Morgan fingerprint density at radius 1 is 1.27 bits per heavy atom. The topological polar surface area (TPSA) is 76.0 Å². The second kappa shape index (κ2) is 7.97. The summed E-state index contributed by atoms with van der Waals surface area (Å²) in [5.74, 6) is -0.578. The van der Waals surface area contributed by atoms with Crippen LogP contribution in [0.2, 0.25) is 0 Å². The van der Waals surface area contributed by atoms with E-state index in [0.29, 0.717) is 10.7 Å². The van der Waals surface area contributed by atoms with E-state index in [1.54, 1.807) is 12.3 Å². The highest BCUT2D eigenvalue weighted by Crippen LogP contribution is 2.25. The first-order valence-electron chi connectivity index (χ1n) is 8.31. The molecule has 0 aliphatic heterocycles. The van der Waals surface area contributed by atoms with Gasteiger partial charge >= 0.3 is 0 Å². The predicted molar refractivity (Wildman–Crippen MR) is 103 cm³/mol. The van der Waals surface area contributed by atoms with Crippen LogP contribution in [0.15, 0.2) is 48.1 Å². The molecule has 0 spiro atoms. The summed E-state index contributed by atoms with van der Waals surface area (Å²) in [5, 5.41) is 7.74. The molecule has 7 heteroatoms. The summed E-state index contributed by atoms with van der Waals surface area (Å²) >= 11 is 1.36. The van der Waals surface area contributed by atoms with E-state index in [4.69, 9.17) is 0 Å². The third-order valence-corrected chi connectivity index (χ3v) is 4.61. The third-order valence-electron chi connectivity index (χ3n) is 3.85. The Hall–Kier alpha value is -2.93. The summed E-state index contributed by atoms with van der Waals surface area (Å²) in [6.45, 7) is 4.71. The molecule has 0 saturated carbocycles. The molecule has 2 aromatic heterocycles. The molecule has 6 nitrogen and oxygen atoms in total. The highest BCUT2D eigenvalue weighted by atomic mass is 32.1. The van der Waals surface area contributed by atoms with Crippen LogP contribution in [0, 0.1) is 6.92 Å². The second-order valence-corrected chi connectivity index (χ2v) is 6.73. The standard InChI is InChI=1S/C19H20N4O2S/c1-3-23-8-7-15(11-23)18(25)20-10-17(24)22-19-21-16(12-26-19)14-6-4-5-13(2)9-14/h4-9,11-12H,3,10H2,1-2H3,(H,20,25)(H,21,22,24). The van der Waals surface area contributed by atoms with Crippen molar-refractivity contribution in [1.82, 2.24) is 14.9 Å². The van der Waals surface area contributed by atoms with E-state index in [2.05, 4.69) is 15.6 Å². The number of anilines is 1. The fourth-order valence-corrected chi connectivity index (χ4v) is 3.20. The number of nitrogens with one attached hydrogen (secondary N) is 2. The second-order valence-electron chi connectivity index (χ2n) is 5.87. The fourth-order valence-electron chi connectivity index (χ4n) is 2.47. The van der Waals surface area contributed by atoms with Gasteiger partial charge in [-0.2, -0.15) is 0 Å². The highest BCUT2D eigenvalue weighted by Gasteiger charge is 2.11. The molecule has 0 saturated heterocycles. The zero-order chi connectivity index (χ0) is 18.5. The molecule has 0 radical (unpaired) electrons. The van der Waals surface area contributed by atoms with E-state index < -0.39 is 0 Å². The summed E-state index contributed by atoms with van der Waals surface area (Å²) in [7, 11) is 0. The van der Waals surface area contributed by atoms with Crippen molar-refractivity contribution in [2.45, 2.75) is 20.4 Å². The van der Waals surface area contributed by atoms with E-state index in [0.717, 1.165) is 23.4 Å². The molecule has 134 valence electrons. The molecule has 0 fully saturated rings. The molecule has 2 amide bonds.